The molecule has 118 valence electrons. The Bertz CT molecular complexity index is 633. The van der Waals surface area contributed by atoms with Gasteiger partial charge in [0.2, 0.25) is 5.91 Å². The summed E-state index contributed by atoms with van der Waals surface area (Å²) in [7, 11) is 0. The zero-order valence-corrected chi connectivity index (χ0v) is 13.0. The molecule has 0 aromatic heterocycles. The van der Waals surface area contributed by atoms with Gasteiger partial charge in [-0.2, -0.15) is 0 Å². The lowest BCUT2D eigenvalue weighted by Crippen LogP contribution is -2.43. The van der Waals surface area contributed by atoms with E-state index in [-0.39, 0.29) is 17.2 Å². The molecule has 0 unspecified atom stereocenters. The minimum absolute atomic E-state index is 0.169. The molecule has 1 atom stereocenters. The van der Waals surface area contributed by atoms with Crippen molar-refractivity contribution in [1.82, 2.24) is 10.6 Å². The highest BCUT2D eigenvalue weighted by Crippen LogP contribution is 2.41. The van der Waals surface area contributed by atoms with E-state index in [2.05, 4.69) is 10.6 Å². The highest BCUT2D eigenvalue weighted by Gasteiger charge is 2.44. The van der Waals surface area contributed by atoms with Crippen LogP contribution in [0, 0.1) is 5.41 Å². The molecule has 1 fully saturated rings. The van der Waals surface area contributed by atoms with E-state index in [1.807, 2.05) is 12.1 Å². The maximum absolute atomic E-state index is 12.1. The largest absolute Gasteiger partial charge is 0.372 e. The lowest BCUT2D eigenvalue weighted by atomic mass is 9.70. The molecular formula is C17H22N2O3. The second kappa shape index (κ2) is 5.09. The average molecular weight is 302 g/mol. The summed E-state index contributed by atoms with van der Waals surface area (Å²) in [6.45, 7) is 3.83. The molecule has 0 saturated carbocycles. The Balaban J connectivity index is 1.82. The average Bonchev–Trinajstić information content (AvgIpc) is 2.77. The van der Waals surface area contributed by atoms with Crippen LogP contribution in [0.3, 0.4) is 0 Å². The predicted octanol–water partition coefficient (Wildman–Crippen LogP) is 1.14. The van der Waals surface area contributed by atoms with Crippen LogP contribution in [0.2, 0.25) is 0 Å². The normalized spacial score (nSPS) is 24.0. The maximum atomic E-state index is 12.1. The van der Waals surface area contributed by atoms with Gasteiger partial charge in [0.1, 0.15) is 5.72 Å². The summed E-state index contributed by atoms with van der Waals surface area (Å²) in [6.07, 6.45) is 3.29. The van der Waals surface area contributed by atoms with Gasteiger partial charge in [0.25, 0.3) is 5.91 Å². The molecule has 3 N–H and O–H groups in total. The summed E-state index contributed by atoms with van der Waals surface area (Å²) < 4.78 is 0. The van der Waals surface area contributed by atoms with Crippen molar-refractivity contribution in [1.29, 1.82) is 0 Å². The number of carbonyl (C=O) groups excluding carboxylic acids is 2. The van der Waals surface area contributed by atoms with Crippen LogP contribution < -0.4 is 10.6 Å². The second-order valence-electron chi connectivity index (χ2n) is 6.96. The Morgan fingerprint density at radius 3 is 2.73 bits per heavy atom. The van der Waals surface area contributed by atoms with Gasteiger partial charge in [0.15, 0.2) is 0 Å². The van der Waals surface area contributed by atoms with Crippen molar-refractivity contribution in [3.05, 3.63) is 34.9 Å². The molecule has 1 saturated heterocycles. The number of fused-ring (bicyclic) bond motifs is 1. The van der Waals surface area contributed by atoms with Crippen LogP contribution in [0.4, 0.5) is 0 Å². The fourth-order valence-corrected chi connectivity index (χ4v) is 3.47. The van der Waals surface area contributed by atoms with Crippen molar-refractivity contribution in [3.8, 4) is 0 Å². The van der Waals surface area contributed by atoms with Crippen LogP contribution in [0.1, 0.15) is 48.2 Å². The van der Waals surface area contributed by atoms with Gasteiger partial charge in [-0.05, 0) is 62.8 Å². The van der Waals surface area contributed by atoms with E-state index in [0.717, 1.165) is 43.4 Å². The zero-order chi connectivity index (χ0) is 16.0. The van der Waals surface area contributed by atoms with Crippen LogP contribution in [0.5, 0.6) is 0 Å². The molecule has 1 heterocycles. The first-order valence-electron chi connectivity index (χ1n) is 7.74. The summed E-state index contributed by atoms with van der Waals surface area (Å²) >= 11 is 0. The molecule has 22 heavy (non-hydrogen) atoms. The number of hydrogen-bond donors (Lipinski definition) is 3. The molecule has 0 bridgehead atoms. The van der Waals surface area contributed by atoms with Crippen LogP contribution in [-0.2, 0) is 17.6 Å². The third-order valence-corrected chi connectivity index (χ3v) is 4.66. The zero-order valence-electron chi connectivity index (χ0n) is 13.0. The molecule has 2 amide bonds. The minimum Gasteiger partial charge on any atom is -0.372 e. The Morgan fingerprint density at radius 1 is 1.32 bits per heavy atom. The quantitative estimate of drug-likeness (QED) is 0.717. The molecule has 1 aliphatic carbocycles. The summed E-state index contributed by atoms with van der Waals surface area (Å²) in [6, 6.07) is 5.60. The molecule has 1 aliphatic heterocycles. The lowest BCUT2D eigenvalue weighted by Gasteiger charge is -2.32. The number of aliphatic hydroxyl groups is 1. The summed E-state index contributed by atoms with van der Waals surface area (Å²) in [5.74, 6) is -0.115. The van der Waals surface area contributed by atoms with E-state index < -0.39 is 5.72 Å². The Labute approximate surface area is 130 Å². The molecule has 1 aromatic rings. The van der Waals surface area contributed by atoms with Crippen molar-refractivity contribution in [2.45, 2.75) is 45.3 Å². The third-order valence-electron chi connectivity index (χ3n) is 4.66. The van der Waals surface area contributed by atoms with Crippen molar-refractivity contribution >= 4 is 11.8 Å². The van der Waals surface area contributed by atoms with Gasteiger partial charge < -0.3 is 15.7 Å². The van der Waals surface area contributed by atoms with Crippen LogP contribution in [-0.4, -0.2) is 29.2 Å². The fourth-order valence-electron chi connectivity index (χ4n) is 3.47. The van der Waals surface area contributed by atoms with Gasteiger partial charge in [-0.3, -0.25) is 9.59 Å². The van der Waals surface area contributed by atoms with Gasteiger partial charge in [-0.25, -0.2) is 0 Å². The summed E-state index contributed by atoms with van der Waals surface area (Å²) in [4.78, 5) is 24.2. The number of amides is 2. The molecule has 0 radical (unpaired) electrons. The smallest absolute Gasteiger partial charge is 0.253 e. The maximum Gasteiger partial charge on any atom is 0.253 e. The molecule has 3 rings (SSSR count). The highest BCUT2D eigenvalue weighted by atomic mass is 16.3. The van der Waals surface area contributed by atoms with Gasteiger partial charge in [0.05, 0.1) is 5.41 Å². The monoisotopic (exact) mass is 302 g/mol. The lowest BCUT2D eigenvalue weighted by molar-refractivity contribution is -0.128. The molecular weight excluding hydrogens is 280 g/mol. The van der Waals surface area contributed by atoms with E-state index in [4.69, 9.17) is 0 Å². The Hall–Kier alpha value is -1.88. The molecule has 5 heteroatoms. The van der Waals surface area contributed by atoms with E-state index in [9.17, 15) is 14.7 Å². The Morgan fingerprint density at radius 2 is 2.09 bits per heavy atom. The SMILES string of the molecule is CC(C)(O)NC(=O)c1ccc2c(c1)CC[C@]1(CCNC1=O)C2. The number of benzene rings is 1. The summed E-state index contributed by atoms with van der Waals surface area (Å²) in [5, 5.41) is 15.2. The predicted molar refractivity (Wildman–Crippen MR) is 82.3 cm³/mol. The van der Waals surface area contributed by atoms with Crippen molar-refractivity contribution < 1.29 is 14.7 Å². The minimum atomic E-state index is -1.24. The number of aryl methyl sites for hydroxylation is 1. The molecule has 5 nitrogen and oxygen atoms in total. The van der Waals surface area contributed by atoms with Crippen molar-refractivity contribution in [2.24, 2.45) is 5.41 Å². The number of nitrogens with one attached hydrogen (secondary N) is 2. The first kappa shape index (κ1) is 15.0. The van der Waals surface area contributed by atoms with E-state index in [0.29, 0.717) is 5.56 Å². The first-order valence-corrected chi connectivity index (χ1v) is 7.74. The molecule has 1 spiro atoms. The number of hydrogen-bond acceptors (Lipinski definition) is 3. The topological polar surface area (TPSA) is 78.4 Å². The van der Waals surface area contributed by atoms with Gasteiger partial charge in [-0.1, -0.05) is 6.07 Å². The number of carbonyl (C=O) groups is 2. The molecule has 2 aliphatic rings. The van der Waals surface area contributed by atoms with Crippen LogP contribution in [0.15, 0.2) is 18.2 Å². The highest BCUT2D eigenvalue weighted by molar-refractivity contribution is 5.95. The van der Waals surface area contributed by atoms with Crippen LogP contribution >= 0.6 is 0 Å². The summed E-state index contributed by atoms with van der Waals surface area (Å²) in [5.41, 5.74) is 1.35. The van der Waals surface area contributed by atoms with Crippen LogP contribution in [0.25, 0.3) is 0 Å². The van der Waals surface area contributed by atoms with E-state index >= 15 is 0 Å². The van der Waals surface area contributed by atoms with E-state index in [1.54, 1.807) is 6.07 Å². The second-order valence-corrected chi connectivity index (χ2v) is 6.96. The third kappa shape index (κ3) is 2.73. The van der Waals surface area contributed by atoms with Crippen molar-refractivity contribution in [3.63, 3.8) is 0 Å². The van der Waals surface area contributed by atoms with Gasteiger partial charge >= 0.3 is 0 Å². The van der Waals surface area contributed by atoms with E-state index in [1.165, 1.54) is 13.8 Å². The van der Waals surface area contributed by atoms with Crippen molar-refractivity contribution in [2.75, 3.05) is 6.54 Å². The molecule has 1 aromatic carbocycles. The standard InChI is InChI=1S/C17H22N2O3/c1-16(2,22)19-14(20)12-3-4-13-10-17(6-5-11(13)9-12)7-8-18-15(17)21/h3-4,9,22H,5-8,10H2,1-2H3,(H,18,21)(H,19,20)/t17-/m0/s1. The number of rotatable bonds is 2. The van der Waals surface area contributed by atoms with Gasteiger partial charge in [0, 0.05) is 12.1 Å². The van der Waals surface area contributed by atoms with Gasteiger partial charge in [-0.15, -0.1) is 0 Å². The Kier molecular flexibility index (Phi) is 3.48. The fraction of sp³-hybridized carbons (Fsp3) is 0.529. The first-order chi connectivity index (χ1) is 10.3.